The summed E-state index contributed by atoms with van der Waals surface area (Å²) in [6.45, 7) is 0. The highest BCUT2D eigenvalue weighted by atomic mass is 32.2. The molecule has 0 atom stereocenters. The summed E-state index contributed by atoms with van der Waals surface area (Å²) in [7, 11) is -3.75. The van der Waals surface area contributed by atoms with Crippen molar-refractivity contribution in [2.24, 2.45) is 0 Å². The van der Waals surface area contributed by atoms with E-state index in [1.807, 2.05) is 30.3 Å². The number of hydrogen-bond donors (Lipinski definition) is 2. The van der Waals surface area contributed by atoms with Crippen molar-refractivity contribution in [3.8, 4) is 5.69 Å². The molecule has 9 nitrogen and oxygen atoms in total. The Morgan fingerprint density at radius 3 is 2.48 bits per heavy atom. The zero-order valence-electron chi connectivity index (χ0n) is 14.8. The molecule has 4 rings (SSSR count). The lowest BCUT2D eigenvalue weighted by molar-refractivity contribution is 0.102. The molecule has 1 amide bonds. The largest absolute Gasteiger partial charge is 0.321 e. The fourth-order valence-corrected chi connectivity index (χ4v) is 4.20. The summed E-state index contributed by atoms with van der Waals surface area (Å²) in [4.78, 5) is 17.7. The van der Waals surface area contributed by atoms with Crippen molar-refractivity contribution in [1.29, 1.82) is 0 Å². The maximum atomic E-state index is 12.4. The second kappa shape index (κ2) is 7.81. The highest BCUT2D eigenvalue weighted by molar-refractivity contribution is 7.93. The van der Waals surface area contributed by atoms with E-state index in [-0.39, 0.29) is 15.7 Å². The van der Waals surface area contributed by atoms with Crippen LogP contribution >= 0.6 is 11.3 Å². The van der Waals surface area contributed by atoms with Crippen molar-refractivity contribution in [3.63, 3.8) is 0 Å². The number of amides is 1. The predicted octanol–water partition coefficient (Wildman–Crippen LogP) is 2.78. The smallest absolute Gasteiger partial charge is 0.277 e. The van der Waals surface area contributed by atoms with Gasteiger partial charge in [0.25, 0.3) is 15.9 Å². The first-order valence-electron chi connectivity index (χ1n) is 8.33. The number of hydrogen-bond acceptors (Lipinski definition) is 7. The molecular weight excluding hydrogens is 412 g/mol. The second-order valence-electron chi connectivity index (χ2n) is 5.78. The minimum absolute atomic E-state index is 0.0562. The number of aromatic nitrogens is 4. The molecule has 0 saturated carbocycles. The number of nitrogens with zero attached hydrogens (tertiary/aromatic N) is 4. The lowest BCUT2D eigenvalue weighted by atomic mass is 10.3. The standard InChI is InChI=1S/C18H14N6O3S2/c25-17(16-12-20-24(22-16)14-4-2-1-3-5-14)21-13-6-8-15(9-7-13)29(26,27)23-18-19-10-11-28-18/h1-12H,(H,19,23)(H,21,25). The third-order valence-corrected chi connectivity index (χ3v) is 5.96. The number of carbonyl (C=O) groups is 1. The van der Waals surface area contributed by atoms with Crippen LogP contribution < -0.4 is 10.0 Å². The summed E-state index contributed by atoms with van der Waals surface area (Å²) in [5, 5.41) is 12.9. The van der Waals surface area contributed by atoms with Crippen LogP contribution in [0.4, 0.5) is 10.8 Å². The molecule has 146 valence electrons. The molecule has 0 unspecified atom stereocenters. The maximum absolute atomic E-state index is 12.4. The van der Waals surface area contributed by atoms with E-state index in [0.717, 1.165) is 5.69 Å². The van der Waals surface area contributed by atoms with Crippen LogP contribution in [-0.4, -0.2) is 34.3 Å². The molecule has 0 aliphatic rings. The van der Waals surface area contributed by atoms with Crippen LogP contribution in [0.3, 0.4) is 0 Å². The topological polar surface area (TPSA) is 119 Å². The van der Waals surface area contributed by atoms with Gasteiger partial charge in [-0.1, -0.05) is 18.2 Å². The molecule has 0 bridgehead atoms. The van der Waals surface area contributed by atoms with Crippen molar-refractivity contribution in [3.05, 3.63) is 78.1 Å². The molecule has 0 spiro atoms. The highest BCUT2D eigenvalue weighted by Gasteiger charge is 2.16. The van der Waals surface area contributed by atoms with E-state index in [1.54, 1.807) is 5.38 Å². The molecule has 11 heteroatoms. The lowest BCUT2D eigenvalue weighted by Gasteiger charge is -2.07. The number of benzene rings is 2. The van der Waals surface area contributed by atoms with Gasteiger partial charge < -0.3 is 5.32 Å². The summed E-state index contributed by atoms with van der Waals surface area (Å²) in [6.07, 6.45) is 2.87. The lowest BCUT2D eigenvalue weighted by Crippen LogP contribution is -2.14. The van der Waals surface area contributed by atoms with Crippen LogP contribution in [0.25, 0.3) is 5.69 Å². The third kappa shape index (κ3) is 4.31. The Bertz CT molecular complexity index is 1220. The Morgan fingerprint density at radius 2 is 1.79 bits per heavy atom. The third-order valence-electron chi connectivity index (χ3n) is 3.79. The van der Waals surface area contributed by atoms with Crippen molar-refractivity contribution >= 4 is 38.1 Å². The molecule has 0 radical (unpaired) electrons. The monoisotopic (exact) mass is 426 g/mol. The van der Waals surface area contributed by atoms with E-state index >= 15 is 0 Å². The van der Waals surface area contributed by atoms with Gasteiger partial charge in [-0.15, -0.1) is 16.4 Å². The molecule has 29 heavy (non-hydrogen) atoms. The van der Waals surface area contributed by atoms with E-state index in [0.29, 0.717) is 5.69 Å². The highest BCUT2D eigenvalue weighted by Crippen LogP contribution is 2.19. The van der Waals surface area contributed by atoms with Gasteiger partial charge in [0.15, 0.2) is 10.8 Å². The maximum Gasteiger partial charge on any atom is 0.277 e. The number of sulfonamides is 1. The van der Waals surface area contributed by atoms with E-state index in [2.05, 4.69) is 25.2 Å². The van der Waals surface area contributed by atoms with E-state index in [4.69, 9.17) is 0 Å². The van der Waals surface area contributed by atoms with Crippen LogP contribution in [-0.2, 0) is 10.0 Å². The quantitative estimate of drug-likeness (QED) is 0.489. The van der Waals surface area contributed by atoms with Gasteiger partial charge in [0.05, 0.1) is 16.8 Å². The summed E-state index contributed by atoms with van der Waals surface area (Å²) >= 11 is 1.18. The number of thiazole rings is 1. The van der Waals surface area contributed by atoms with Crippen LogP contribution in [0.1, 0.15) is 10.5 Å². The number of rotatable bonds is 6. The van der Waals surface area contributed by atoms with Gasteiger partial charge in [-0.3, -0.25) is 9.52 Å². The number of nitrogens with one attached hydrogen (secondary N) is 2. The first-order chi connectivity index (χ1) is 14.0. The van der Waals surface area contributed by atoms with Gasteiger partial charge in [0.1, 0.15) is 0 Å². The average Bonchev–Trinajstić information content (AvgIpc) is 3.41. The van der Waals surface area contributed by atoms with Crippen LogP contribution in [0.2, 0.25) is 0 Å². The van der Waals surface area contributed by atoms with E-state index in [9.17, 15) is 13.2 Å². The Kier molecular flexibility index (Phi) is 5.06. The molecule has 4 aromatic rings. The van der Waals surface area contributed by atoms with Crippen molar-refractivity contribution in [2.45, 2.75) is 4.90 Å². The summed E-state index contributed by atoms with van der Waals surface area (Å²) in [5.41, 5.74) is 1.29. The first-order valence-corrected chi connectivity index (χ1v) is 10.7. The van der Waals surface area contributed by atoms with Gasteiger partial charge in [-0.05, 0) is 36.4 Å². The Balaban J connectivity index is 1.45. The molecule has 2 N–H and O–H groups in total. The number of carbonyl (C=O) groups excluding carboxylic acids is 1. The van der Waals surface area contributed by atoms with E-state index in [1.165, 1.54) is 52.8 Å². The fourth-order valence-electron chi connectivity index (χ4n) is 2.41. The van der Waals surface area contributed by atoms with Gasteiger partial charge in [-0.2, -0.15) is 9.90 Å². The molecule has 0 aliphatic carbocycles. The molecule has 0 saturated heterocycles. The summed E-state index contributed by atoms with van der Waals surface area (Å²) < 4.78 is 27.1. The normalized spacial score (nSPS) is 11.2. The predicted molar refractivity (Wildman–Crippen MR) is 109 cm³/mol. The summed E-state index contributed by atoms with van der Waals surface area (Å²) in [5.74, 6) is -0.455. The Morgan fingerprint density at radius 1 is 1.03 bits per heavy atom. The number of anilines is 2. The minimum atomic E-state index is -3.75. The van der Waals surface area contributed by atoms with Gasteiger partial charge in [-0.25, -0.2) is 13.4 Å². The molecule has 2 aromatic carbocycles. The van der Waals surface area contributed by atoms with Gasteiger partial charge in [0, 0.05) is 17.3 Å². The number of para-hydroxylation sites is 1. The zero-order valence-corrected chi connectivity index (χ0v) is 16.4. The van der Waals surface area contributed by atoms with Crippen molar-refractivity contribution in [1.82, 2.24) is 20.0 Å². The van der Waals surface area contributed by atoms with Crippen molar-refractivity contribution < 1.29 is 13.2 Å². The zero-order chi connectivity index (χ0) is 20.3. The fraction of sp³-hybridized carbons (Fsp3) is 0. The van der Waals surface area contributed by atoms with E-state index < -0.39 is 15.9 Å². The van der Waals surface area contributed by atoms with Gasteiger partial charge in [0.2, 0.25) is 0 Å². The van der Waals surface area contributed by atoms with Crippen LogP contribution in [0, 0.1) is 0 Å². The summed E-state index contributed by atoms with van der Waals surface area (Å²) in [6, 6.07) is 15.0. The SMILES string of the molecule is O=C(Nc1ccc(S(=O)(=O)Nc2nccs2)cc1)c1cnn(-c2ccccc2)n1. The Hall–Kier alpha value is -3.57. The molecule has 0 aliphatic heterocycles. The molecular formula is C18H14N6O3S2. The average molecular weight is 426 g/mol. The van der Waals surface area contributed by atoms with Crippen LogP contribution in [0.15, 0.2) is 77.3 Å². The molecule has 0 fully saturated rings. The van der Waals surface area contributed by atoms with Gasteiger partial charge >= 0.3 is 0 Å². The molecule has 2 aromatic heterocycles. The second-order valence-corrected chi connectivity index (χ2v) is 8.35. The molecule has 2 heterocycles. The Labute approximate surface area is 170 Å². The first kappa shape index (κ1) is 18.8. The van der Waals surface area contributed by atoms with Crippen LogP contribution in [0.5, 0.6) is 0 Å². The minimum Gasteiger partial charge on any atom is -0.321 e. The van der Waals surface area contributed by atoms with Crippen molar-refractivity contribution in [2.75, 3.05) is 10.0 Å².